The summed E-state index contributed by atoms with van der Waals surface area (Å²) in [5.74, 6) is -0.605. The Hall–Kier alpha value is -1.10. The van der Waals surface area contributed by atoms with Gasteiger partial charge in [-0.2, -0.15) is 0 Å². The Labute approximate surface area is 108 Å². The fraction of sp³-hybridized carbons (Fsp3) is 0.846. The van der Waals surface area contributed by atoms with Crippen molar-refractivity contribution in [3.8, 4) is 0 Å². The lowest BCUT2D eigenvalue weighted by Crippen LogP contribution is -2.57. The van der Waals surface area contributed by atoms with E-state index in [1.54, 1.807) is 27.7 Å². The average Bonchev–Trinajstić information content (AvgIpc) is 2.68. The second-order valence-corrected chi connectivity index (χ2v) is 6.17. The van der Waals surface area contributed by atoms with Crippen LogP contribution in [0.1, 0.15) is 40.5 Å². The lowest BCUT2D eigenvalue weighted by atomic mass is 9.74. The molecule has 0 aliphatic carbocycles. The molecule has 1 aliphatic heterocycles. The molecule has 5 heteroatoms. The van der Waals surface area contributed by atoms with Crippen molar-refractivity contribution >= 4 is 11.9 Å². The second kappa shape index (κ2) is 5.26. The van der Waals surface area contributed by atoms with Crippen molar-refractivity contribution in [2.24, 2.45) is 11.3 Å². The summed E-state index contributed by atoms with van der Waals surface area (Å²) < 4.78 is 0. The minimum atomic E-state index is -1.00. The van der Waals surface area contributed by atoms with Gasteiger partial charge >= 0.3 is 5.97 Å². The molecule has 1 heterocycles. The van der Waals surface area contributed by atoms with E-state index in [2.05, 4.69) is 10.6 Å². The summed E-state index contributed by atoms with van der Waals surface area (Å²) in [6.45, 7) is 8.61. The summed E-state index contributed by atoms with van der Waals surface area (Å²) in [6, 6.07) is 0. The highest BCUT2D eigenvalue weighted by Crippen LogP contribution is 2.31. The van der Waals surface area contributed by atoms with E-state index in [1.807, 2.05) is 0 Å². The Bertz CT molecular complexity index is 331. The summed E-state index contributed by atoms with van der Waals surface area (Å²) in [6.07, 6.45) is 1.47. The minimum absolute atomic E-state index is 0.0666. The van der Waals surface area contributed by atoms with Gasteiger partial charge in [0.15, 0.2) is 0 Å². The molecule has 0 bridgehead atoms. The fourth-order valence-electron chi connectivity index (χ4n) is 1.97. The van der Waals surface area contributed by atoms with Crippen LogP contribution in [-0.4, -0.2) is 35.6 Å². The maximum atomic E-state index is 12.0. The first kappa shape index (κ1) is 15.0. The van der Waals surface area contributed by atoms with E-state index in [0.29, 0.717) is 12.3 Å². The first-order valence-electron chi connectivity index (χ1n) is 6.42. The predicted molar refractivity (Wildman–Crippen MR) is 69.2 cm³/mol. The van der Waals surface area contributed by atoms with Gasteiger partial charge in [-0.05, 0) is 53.1 Å². The Kier molecular flexibility index (Phi) is 4.37. The Morgan fingerprint density at radius 2 is 1.94 bits per heavy atom. The molecule has 104 valence electrons. The van der Waals surface area contributed by atoms with Crippen molar-refractivity contribution in [2.75, 3.05) is 13.1 Å². The number of hydrogen-bond acceptors (Lipinski definition) is 3. The highest BCUT2D eigenvalue weighted by Gasteiger charge is 2.44. The quantitative estimate of drug-likeness (QED) is 0.685. The van der Waals surface area contributed by atoms with Crippen molar-refractivity contribution in [3.05, 3.63) is 0 Å². The van der Waals surface area contributed by atoms with Gasteiger partial charge < -0.3 is 15.7 Å². The molecule has 0 radical (unpaired) electrons. The van der Waals surface area contributed by atoms with Gasteiger partial charge in [-0.3, -0.25) is 9.59 Å². The van der Waals surface area contributed by atoms with Gasteiger partial charge in [0.2, 0.25) is 5.91 Å². The third-order valence-electron chi connectivity index (χ3n) is 4.19. The molecule has 0 aromatic carbocycles. The molecule has 3 N–H and O–H groups in total. The second-order valence-electron chi connectivity index (χ2n) is 6.17. The van der Waals surface area contributed by atoms with Crippen LogP contribution in [0.3, 0.4) is 0 Å². The molecule has 1 atom stereocenters. The molecular weight excluding hydrogens is 232 g/mol. The van der Waals surface area contributed by atoms with E-state index in [-0.39, 0.29) is 5.91 Å². The molecule has 5 nitrogen and oxygen atoms in total. The van der Waals surface area contributed by atoms with Gasteiger partial charge in [0.05, 0.1) is 5.41 Å². The highest BCUT2D eigenvalue weighted by atomic mass is 16.4. The SMILES string of the molecule is CC(C)(NC(=O)CC1CCNC1)C(C)(C)C(=O)O. The zero-order valence-electron chi connectivity index (χ0n) is 11.7. The summed E-state index contributed by atoms with van der Waals surface area (Å²) in [4.78, 5) is 23.2. The van der Waals surface area contributed by atoms with E-state index in [0.717, 1.165) is 19.5 Å². The van der Waals surface area contributed by atoms with E-state index >= 15 is 0 Å². The zero-order valence-corrected chi connectivity index (χ0v) is 11.7. The van der Waals surface area contributed by atoms with Gasteiger partial charge in [0, 0.05) is 12.0 Å². The smallest absolute Gasteiger partial charge is 0.311 e. The molecule has 1 amide bonds. The largest absolute Gasteiger partial charge is 0.481 e. The predicted octanol–water partition coefficient (Wildman–Crippen LogP) is 0.992. The van der Waals surface area contributed by atoms with Crippen LogP contribution in [0.2, 0.25) is 0 Å². The third-order valence-corrected chi connectivity index (χ3v) is 4.19. The van der Waals surface area contributed by atoms with Crippen molar-refractivity contribution in [1.29, 1.82) is 0 Å². The normalized spacial score (nSPS) is 20.8. The number of aliphatic carboxylic acids is 1. The molecule has 1 fully saturated rings. The van der Waals surface area contributed by atoms with E-state index in [4.69, 9.17) is 0 Å². The Morgan fingerprint density at radius 3 is 2.39 bits per heavy atom. The number of hydrogen-bond donors (Lipinski definition) is 3. The Balaban J connectivity index is 2.58. The standard InChI is InChI=1S/C13H24N2O3/c1-12(2,11(17)18)13(3,4)15-10(16)7-9-5-6-14-8-9/h9,14H,5-8H2,1-4H3,(H,15,16)(H,17,18). The molecule has 0 aromatic rings. The molecule has 1 saturated heterocycles. The molecule has 0 spiro atoms. The van der Waals surface area contributed by atoms with Gasteiger partial charge in [-0.15, -0.1) is 0 Å². The highest BCUT2D eigenvalue weighted by molar-refractivity contribution is 5.80. The van der Waals surface area contributed by atoms with Crippen LogP contribution in [0.15, 0.2) is 0 Å². The molecule has 18 heavy (non-hydrogen) atoms. The summed E-state index contributed by atoms with van der Waals surface area (Å²) in [5, 5.41) is 15.3. The van der Waals surface area contributed by atoms with Gasteiger partial charge in [-0.1, -0.05) is 0 Å². The summed E-state index contributed by atoms with van der Waals surface area (Å²) in [5.41, 5.74) is -1.78. The van der Waals surface area contributed by atoms with Gasteiger partial charge in [0.25, 0.3) is 0 Å². The molecule has 0 saturated carbocycles. The zero-order chi connectivity index (χ0) is 14.0. The number of rotatable bonds is 5. The first-order valence-corrected chi connectivity index (χ1v) is 6.42. The number of carboxylic acid groups (broad SMARTS) is 1. The van der Waals surface area contributed by atoms with E-state index in [1.165, 1.54) is 0 Å². The number of carbonyl (C=O) groups is 2. The van der Waals surface area contributed by atoms with Crippen LogP contribution in [-0.2, 0) is 9.59 Å². The molecule has 0 aromatic heterocycles. The monoisotopic (exact) mass is 256 g/mol. The summed E-state index contributed by atoms with van der Waals surface area (Å²) >= 11 is 0. The van der Waals surface area contributed by atoms with Crippen molar-refractivity contribution in [3.63, 3.8) is 0 Å². The van der Waals surface area contributed by atoms with Crippen LogP contribution >= 0.6 is 0 Å². The number of carboxylic acids is 1. The average molecular weight is 256 g/mol. The van der Waals surface area contributed by atoms with E-state index < -0.39 is 16.9 Å². The van der Waals surface area contributed by atoms with Crippen LogP contribution in [0, 0.1) is 11.3 Å². The third kappa shape index (κ3) is 3.22. The lowest BCUT2D eigenvalue weighted by Gasteiger charge is -2.39. The van der Waals surface area contributed by atoms with Crippen molar-refractivity contribution in [2.45, 2.75) is 46.1 Å². The maximum absolute atomic E-state index is 12.0. The first-order chi connectivity index (χ1) is 8.17. The molecule has 1 unspecified atom stereocenters. The molecule has 1 rings (SSSR count). The maximum Gasteiger partial charge on any atom is 0.311 e. The van der Waals surface area contributed by atoms with Crippen LogP contribution in [0.4, 0.5) is 0 Å². The number of nitrogens with one attached hydrogen (secondary N) is 2. The van der Waals surface area contributed by atoms with Crippen LogP contribution < -0.4 is 10.6 Å². The van der Waals surface area contributed by atoms with Crippen molar-refractivity contribution < 1.29 is 14.7 Å². The fourth-order valence-corrected chi connectivity index (χ4v) is 1.97. The Morgan fingerprint density at radius 1 is 1.33 bits per heavy atom. The van der Waals surface area contributed by atoms with E-state index in [9.17, 15) is 14.7 Å². The molecule has 1 aliphatic rings. The van der Waals surface area contributed by atoms with Gasteiger partial charge in [0.1, 0.15) is 0 Å². The van der Waals surface area contributed by atoms with Crippen LogP contribution in [0.5, 0.6) is 0 Å². The topological polar surface area (TPSA) is 78.4 Å². The van der Waals surface area contributed by atoms with Crippen molar-refractivity contribution in [1.82, 2.24) is 10.6 Å². The van der Waals surface area contributed by atoms with Crippen LogP contribution in [0.25, 0.3) is 0 Å². The lowest BCUT2D eigenvalue weighted by molar-refractivity contribution is -0.151. The molecular formula is C13H24N2O3. The summed E-state index contributed by atoms with van der Waals surface area (Å²) in [7, 11) is 0. The minimum Gasteiger partial charge on any atom is -0.481 e. The number of amides is 1. The number of carbonyl (C=O) groups excluding carboxylic acids is 1. The van der Waals surface area contributed by atoms with Gasteiger partial charge in [-0.25, -0.2) is 0 Å².